The van der Waals surface area contributed by atoms with E-state index in [0.717, 1.165) is 10.9 Å². The van der Waals surface area contributed by atoms with Crippen LogP contribution >= 0.6 is 0 Å². The molecule has 0 amide bonds. The Bertz CT molecular complexity index is 496. The van der Waals surface area contributed by atoms with Crippen LogP contribution in [0.5, 0.6) is 0 Å². The van der Waals surface area contributed by atoms with Crippen LogP contribution in [0, 0.1) is 0 Å². The van der Waals surface area contributed by atoms with Gasteiger partial charge >= 0.3 is 5.97 Å². The Morgan fingerprint density at radius 1 is 1.38 bits per heavy atom. The lowest BCUT2D eigenvalue weighted by atomic mass is 10.1. The molecular formula is C12H14N2O2. The van der Waals surface area contributed by atoms with E-state index in [1.807, 2.05) is 30.3 Å². The number of fused-ring (bicyclic) bond motifs is 1. The predicted molar refractivity (Wildman–Crippen MR) is 63.6 cm³/mol. The summed E-state index contributed by atoms with van der Waals surface area (Å²) < 4.78 is 0. The van der Waals surface area contributed by atoms with Crippen LogP contribution in [0.25, 0.3) is 10.9 Å². The average Bonchev–Trinajstić information content (AvgIpc) is 2.58. The van der Waals surface area contributed by atoms with Crippen LogP contribution in [-0.2, 0) is 4.79 Å². The first-order valence-electron chi connectivity index (χ1n) is 5.08. The van der Waals surface area contributed by atoms with Crippen molar-refractivity contribution in [2.75, 3.05) is 5.32 Å². The van der Waals surface area contributed by atoms with E-state index >= 15 is 0 Å². The number of aromatic amines is 1. The Balaban J connectivity index is 2.32. The maximum Gasteiger partial charge on any atom is 0.328 e. The van der Waals surface area contributed by atoms with Crippen LogP contribution in [0.4, 0.5) is 5.82 Å². The maximum absolute atomic E-state index is 11.0. The largest absolute Gasteiger partial charge is 0.480 e. The molecule has 1 aromatic heterocycles. The van der Waals surface area contributed by atoms with Crippen LogP contribution in [0.2, 0.25) is 0 Å². The van der Waals surface area contributed by atoms with E-state index in [4.69, 9.17) is 5.11 Å². The molecule has 4 heteroatoms. The van der Waals surface area contributed by atoms with Gasteiger partial charge in [0.15, 0.2) is 0 Å². The lowest BCUT2D eigenvalue weighted by Gasteiger charge is -2.20. The van der Waals surface area contributed by atoms with Crippen molar-refractivity contribution in [1.82, 2.24) is 4.98 Å². The minimum Gasteiger partial charge on any atom is -0.480 e. The molecule has 4 nitrogen and oxygen atoms in total. The van der Waals surface area contributed by atoms with Gasteiger partial charge in [-0.3, -0.25) is 0 Å². The van der Waals surface area contributed by atoms with Crippen molar-refractivity contribution >= 4 is 22.7 Å². The number of aromatic nitrogens is 1. The molecule has 0 saturated heterocycles. The van der Waals surface area contributed by atoms with E-state index in [1.165, 1.54) is 0 Å². The highest BCUT2D eigenvalue weighted by molar-refractivity contribution is 5.86. The second-order valence-electron chi connectivity index (χ2n) is 4.33. The second-order valence-corrected chi connectivity index (χ2v) is 4.33. The third-order valence-corrected chi connectivity index (χ3v) is 2.51. The number of aliphatic carboxylic acids is 1. The van der Waals surface area contributed by atoms with Gasteiger partial charge < -0.3 is 15.4 Å². The first-order valence-corrected chi connectivity index (χ1v) is 5.08. The molecule has 0 aliphatic heterocycles. The molecule has 84 valence electrons. The van der Waals surface area contributed by atoms with Gasteiger partial charge in [-0.2, -0.15) is 0 Å². The van der Waals surface area contributed by atoms with Crippen molar-refractivity contribution < 1.29 is 9.90 Å². The summed E-state index contributed by atoms with van der Waals surface area (Å²) in [6.45, 7) is 3.25. The highest BCUT2D eigenvalue weighted by Crippen LogP contribution is 2.21. The molecule has 1 heterocycles. The van der Waals surface area contributed by atoms with E-state index < -0.39 is 11.5 Å². The van der Waals surface area contributed by atoms with Crippen molar-refractivity contribution in [2.24, 2.45) is 0 Å². The van der Waals surface area contributed by atoms with E-state index in [2.05, 4.69) is 10.3 Å². The summed E-state index contributed by atoms with van der Waals surface area (Å²) in [6.07, 6.45) is 0. The van der Waals surface area contributed by atoms with Gasteiger partial charge in [0.05, 0.1) is 0 Å². The third-order valence-electron chi connectivity index (χ3n) is 2.51. The molecule has 0 bridgehead atoms. The molecule has 0 saturated carbocycles. The van der Waals surface area contributed by atoms with Gasteiger partial charge in [-0.25, -0.2) is 4.79 Å². The van der Waals surface area contributed by atoms with Crippen molar-refractivity contribution in [1.29, 1.82) is 0 Å². The van der Waals surface area contributed by atoms with Crippen molar-refractivity contribution in [3.8, 4) is 0 Å². The standard InChI is InChI=1S/C12H14N2O2/c1-12(2,11(15)16)14-10-7-8-5-3-4-6-9(8)13-10/h3-7,13-14H,1-2H3,(H,15,16). The number of carbonyl (C=O) groups is 1. The smallest absolute Gasteiger partial charge is 0.328 e. The predicted octanol–water partition coefficient (Wildman–Crippen LogP) is 2.44. The summed E-state index contributed by atoms with van der Waals surface area (Å²) in [4.78, 5) is 14.1. The molecule has 0 aliphatic rings. The van der Waals surface area contributed by atoms with Crippen LogP contribution in [0.15, 0.2) is 30.3 Å². The monoisotopic (exact) mass is 218 g/mol. The Hall–Kier alpha value is -1.97. The van der Waals surface area contributed by atoms with E-state index in [1.54, 1.807) is 13.8 Å². The number of hydrogen-bond donors (Lipinski definition) is 3. The minimum absolute atomic E-state index is 0.716. The molecule has 0 unspecified atom stereocenters. The number of hydrogen-bond acceptors (Lipinski definition) is 2. The first kappa shape index (κ1) is 10.5. The quantitative estimate of drug-likeness (QED) is 0.741. The van der Waals surface area contributed by atoms with Gasteiger partial charge in [0, 0.05) is 10.9 Å². The topological polar surface area (TPSA) is 65.1 Å². The number of carboxylic acid groups (broad SMARTS) is 1. The molecule has 16 heavy (non-hydrogen) atoms. The van der Waals surface area contributed by atoms with Gasteiger partial charge in [0.1, 0.15) is 11.4 Å². The lowest BCUT2D eigenvalue weighted by Crippen LogP contribution is -2.40. The maximum atomic E-state index is 11.0. The molecular weight excluding hydrogens is 204 g/mol. The molecule has 1 aromatic carbocycles. The number of para-hydroxylation sites is 1. The second kappa shape index (κ2) is 3.56. The summed E-state index contributed by atoms with van der Waals surface area (Å²) >= 11 is 0. The Morgan fingerprint density at radius 3 is 2.69 bits per heavy atom. The van der Waals surface area contributed by atoms with Crippen molar-refractivity contribution in [3.63, 3.8) is 0 Å². The molecule has 3 N–H and O–H groups in total. The van der Waals surface area contributed by atoms with Crippen molar-refractivity contribution in [2.45, 2.75) is 19.4 Å². The molecule has 2 rings (SSSR count). The zero-order valence-electron chi connectivity index (χ0n) is 9.24. The van der Waals surface area contributed by atoms with Crippen LogP contribution < -0.4 is 5.32 Å². The van der Waals surface area contributed by atoms with Crippen molar-refractivity contribution in [3.05, 3.63) is 30.3 Å². The van der Waals surface area contributed by atoms with E-state index in [0.29, 0.717) is 5.82 Å². The van der Waals surface area contributed by atoms with E-state index in [-0.39, 0.29) is 0 Å². The number of rotatable bonds is 3. The third kappa shape index (κ3) is 1.86. The summed E-state index contributed by atoms with van der Waals surface area (Å²) in [5.41, 5.74) is 0.00660. The lowest BCUT2D eigenvalue weighted by molar-refractivity contribution is -0.141. The molecule has 0 spiro atoms. The first-order chi connectivity index (χ1) is 7.49. The molecule has 2 aromatic rings. The number of H-pyrrole nitrogens is 1. The fourth-order valence-electron chi connectivity index (χ4n) is 1.53. The fourth-order valence-corrected chi connectivity index (χ4v) is 1.53. The Labute approximate surface area is 93.3 Å². The zero-order chi connectivity index (χ0) is 11.8. The molecule has 0 fully saturated rings. The number of anilines is 1. The summed E-state index contributed by atoms with van der Waals surface area (Å²) in [5, 5.41) is 13.0. The summed E-state index contributed by atoms with van der Waals surface area (Å²) in [7, 11) is 0. The minimum atomic E-state index is -0.985. The van der Waals surface area contributed by atoms with Gasteiger partial charge in [0.2, 0.25) is 0 Å². The summed E-state index contributed by atoms with van der Waals surface area (Å²) in [6, 6.07) is 9.71. The van der Waals surface area contributed by atoms with Crippen LogP contribution in [-0.4, -0.2) is 21.6 Å². The van der Waals surface area contributed by atoms with Gasteiger partial charge in [0.25, 0.3) is 0 Å². The molecule has 0 aliphatic carbocycles. The highest BCUT2D eigenvalue weighted by Gasteiger charge is 2.27. The SMILES string of the molecule is CC(C)(Nc1cc2ccccc2[nH]1)C(=O)O. The zero-order valence-corrected chi connectivity index (χ0v) is 9.24. The Kier molecular flexibility index (Phi) is 2.34. The highest BCUT2D eigenvalue weighted by atomic mass is 16.4. The van der Waals surface area contributed by atoms with Crippen LogP contribution in [0.3, 0.4) is 0 Å². The van der Waals surface area contributed by atoms with Gasteiger partial charge in [-0.1, -0.05) is 18.2 Å². The Morgan fingerprint density at radius 2 is 2.06 bits per heavy atom. The number of nitrogens with one attached hydrogen (secondary N) is 2. The van der Waals surface area contributed by atoms with E-state index in [9.17, 15) is 4.79 Å². The summed E-state index contributed by atoms with van der Waals surface area (Å²) in [5.74, 6) is -0.167. The average molecular weight is 218 g/mol. The fraction of sp³-hybridized carbons (Fsp3) is 0.250. The molecule has 0 radical (unpaired) electrons. The number of benzene rings is 1. The molecule has 0 atom stereocenters. The van der Waals surface area contributed by atoms with Crippen LogP contribution in [0.1, 0.15) is 13.8 Å². The van der Waals surface area contributed by atoms with Gasteiger partial charge in [-0.15, -0.1) is 0 Å². The number of carboxylic acids is 1. The van der Waals surface area contributed by atoms with Gasteiger partial charge in [-0.05, 0) is 26.0 Å². The normalized spacial score (nSPS) is 11.6.